The van der Waals surface area contributed by atoms with E-state index in [1.54, 1.807) is 18.2 Å². The Morgan fingerprint density at radius 2 is 1.57 bits per heavy atom. The number of hydrogen-bond acceptors (Lipinski definition) is 2. The maximum atomic E-state index is 14.2. The van der Waals surface area contributed by atoms with Crippen LogP contribution in [-0.2, 0) is 0 Å². The Balaban J connectivity index is 2.47. The zero-order valence-electron chi connectivity index (χ0n) is 11.3. The van der Waals surface area contributed by atoms with Crippen molar-refractivity contribution in [3.8, 4) is 11.5 Å². The van der Waals surface area contributed by atoms with Crippen molar-refractivity contribution in [2.24, 2.45) is 0 Å². The summed E-state index contributed by atoms with van der Waals surface area (Å²) in [6, 6.07) is 7.35. The Labute approximate surface area is 138 Å². The first-order valence-corrected chi connectivity index (χ1v) is 7.69. The van der Waals surface area contributed by atoms with Gasteiger partial charge in [0.05, 0.1) is 23.5 Å². The fourth-order valence-electron chi connectivity index (χ4n) is 1.91. The lowest BCUT2D eigenvalue weighted by Gasteiger charge is -2.15. The lowest BCUT2D eigenvalue weighted by Crippen LogP contribution is -2.00. The molecule has 0 radical (unpaired) electrons. The van der Waals surface area contributed by atoms with Crippen molar-refractivity contribution in [1.29, 1.82) is 0 Å². The molecule has 0 aliphatic carbocycles. The van der Waals surface area contributed by atoms with Crippen molar-refractivity contribution in [2.45, 2.75) is 4.83 Å². The molecule has 0 spiro atoms. The molecule has 1 unspecified atom stereocenters. The first kappa shape index (κ1) is 16.2. The van der Waals surface area contributed by atoms with E-state index in [1.807, 2.05) is 0 Å². The Kier molecular flexibility index (Phi) is 5.22. The van der Waals surface area contributed by atoms with E-state index in [9.17, 15) is 8.78 Å². The molecule has 0 fully saturated rings. The molecule has 0 heterocycles. The molecule has 6 heteroatoms. The number of methoxy groups -OCH3 is 2. The van der Waals surface area contributed by atoms with Gasteiger partial charge in [0.2, 0.25) is 0 Å². The lowest BCUT2D eigenvalue weighted by molar-refractivity contribution is 0.351. The molecule has 2 aromatic carbocycles. The summed E-state index contributed by atoms with van der Waals surface area (Å²) in [7, 11) is 2.93. The SMILES string of the molecule is COc1cc(F)c(C(Br)c2ccc(F)c(Br)c2)cc1OC. The fraction of sp³-hybridized carbons (Fsp3) is 0.200. The predicted octanol–water partition coefficient (Wildman–Crippen LogP) is 5.23. The summed E-state index contributed by atoms with van der Waals surface area (Å²) in [5.74, 6) is -0.0560. The van der Waals surface area contributed by atoms with Gasteiger partial charge in [-0.15, -0.1) is 0 Å². The molecule has 2 aromatic rings. The second kappa shape index (κ2) is 6.75. The van der Waals surface area contributed by atoms with Gasteiger partial charge in [0, 0.05) is 11.6 Å². The smallest absolute Gasteiger partial charge is 0.163 e. The molecule has 0 aliphatic heterocycles. The Morgan fingerprint density at radius 1 is 0.952 bits per heavy atom. The van der Waals surface area contributed by atoms with Gasteiger partial charge in [-0.25, -0.2) is 8.78 Å². The zero-order valence-corrected chi connectivity index (χ0v) is 14.5. The number of hydrogen-bond donors (Lipinski definition) is 0. The van der Waals surface area contributed by atoms with Gasteiger partial charge in [-0.3, -0.25) is 0 Å². The van der Waals surface area contributed by atoms with Crippen LogP contribution in [0, 0.1) is 11.6 Å². The maximum Gasteiger partial charge on any atom is 0.163 e. The molecule has 0 aromatic heterocycles. The van der Waals surface area contributed by atoms with E-state index in [0.717, 1.165) is 5.56 Å². The van der Waals surface area contributed by atoms with Crippen LogP contribution in [0.2, 0.25) is 0 Å². The van der Waals surface area contributed by atoms with E-state index in [0.29, 0.717) is 21.5 Å². The molecule has 0 bridgehead atoms. The second-order valence-corrected chi connectivity index (χ2v) is 6.03. The monoisotopic (exact) mass is 420 g/mol. The first-order chi connectivity index (χ1) is 9.97. The van der Waals surface area contributed by atoms with E-state index >= 15 is 0 Å². The normalized spacial score (nSPS) is 12.1. The van der Waals surface area contributed by atoms with Crippen molar-refractivity contribution in [3.63, 3.8) is 0 Å². The van der Waals surface area contributed by atoms with Gasteiger partial charge in [-0.1, -0.05) is 22.0 Å². The van der Waals surface area contributed by atoms with Crippen LogP contribution in [0.3, 0.4) is 0 Å². The highest BCUT2D eigenvalue weighted by atomic mass is 79.9. The molecule has 0 N–H and O–H groups in total. The van der Waals surface area contributed by atoms with Crippen LogP contribution in [0.4, 0.5) is 8.78 Å². The van der Waals surface area contributed by atoms with Gasteiger partial charge in [0.1, 0.15) is 11.6 Å². The average molecular weight is 422 g/mol. The minimum Gasteiger partial charge on any atom is -0.493 e. The number of rotatable bonds is 4. The van der Waals surface area contributed by atoms with Crippen molar-refractivity contribution in [1.82, 2.24) is 0 Å². The summed E-state index contributed by atoms with van der Waals surface area (Å²) < 4.78 is 38.1. The van der Waals surface area contributed by atoms with Gasteiger partial charge in [0.15, 0.2) is 11.5 Å². The summed E-state index contributed by atoms with van der Waals surface area (Å²) in [4.78, 5) is -0.436. The van der Waals surface area contributed by atoms with Crippen LogP contribution in [0.1, 0.15) is 16.0 Å². The van der Waals surface area contributed by atoms with Crippen LogP contribution in [-0.4, -0.2) is 14.2 Å². The third-order valence-corrected chi connectivity index (χ3v) is 4.64. The molecule has 0 saturated heterocycles. The Bertz CT molecular complexity index is 662. The minimum atomic E-state index is -0.436. The van der Waals surface area contributed by atoms with Crippen LogP contribution in [0.5, 0.6) is 11.5 Å². The quantitative estimate of drug-likeness (QED) is 0.629. The van der Waals surface area contributed by atoms with Gasteiger partial charge in [0.25, 0.3) is 0 Å². The summed E-state index contributed by atoms with van der Waals surface area (Å²) in [6.07, 6.45) is 0. The second-order valence-electron chi connectivity index (χ2n) is 4.26. The highest BCUT2D eigenvalue weighted by Crippen LogP contribution is 2.39. The number of halogens is 4. The summed E-state index contributed by atoms with van der Waals surface area (Å²) in [6.45, 7) is 0. The molecule has 0 aliphatic rings. The highest BCUT2D eigenvalue weighted by Gasteiger charge is 2.19. The van der Waals surface area contributed by atoms with Crippen LogP contribution < -0.4 is 9.47 Å². The third-order valence-electron chi connectivity index (χ3n) is 3.01. The molecule has 2 rings (SSSR count). The molecule has 1 atom stereocenters. The summed E-state index contributed by atoms with van der Waals surface area (Å²) >= 11 is 6.56. The van der Waals surface area contributed by atoms with Crippen molar-refractivity contribution < 1.29 is 18.3 Å². The van der Waals surface area contributed by atoms with Crippen LogP contribution in [0.25, 0.3) is 0 Å². The maximum absolute atomic E-state index is 14.2. The van der Waals surface area contributed by atoms with E-state index in [-0.39, 0.29) is 5.82 Å². The van der Waals surface area contributed by atoms with Gasteiger partial charge in [-0.05, 0) is 39.7 Å². The van der Waals surface area contributed by atoms with Crippen molar-refractivity contribution in [2.75, 3.05) is 14.2 Å². The zero-order chi connectivity index (χ0) is 15.6. The molecular weight excluding hydrogens is 410 g/mol. The van der Waals surface area contributed by atoms with Crippen molar-refractivity contribution in [3.05, 3.63) is 57.6 Å². The Hall–Kier alpha value is -1.14. The molecular formula is C15H12Br2F2O2. The number of alkyl halides is 1. The summed E-state index contributed by atoms with van der Waals surface area (Å²) in [5, 5.41) is 0. The molecule has 21 heavy (non-hydrogen) atoms. The van der Waals surface area contributed by atoms with Crippen molar-refractivity contribution >= 4 is 31.9 Å². The minimum absolute atomic E-state index is 0.318. The molecule has 112 valence electrons. The van der Waals surface area contributed by atoms with E-state index < -0.39 is 10.6 Å². The lowest BCUT2D eigenvalue weighted by atomic mass is 10.0. The van der Waals surface area contributed by atoms with E-state index in [2.05, 4.69) is 31.9 Å². The number of benzene rings is 2. The predicted molar refractivity (Wildman–Crippen MR) is 84.4 cm³/mol. The van der Waals surface area contributed by atoms with E-state index in [1.165, 1.54) is 26.4 Å². The van der Waals surface area contributed by atoms with E-state index in [4.69, 9.17) is 9.47 Å². The topological polar surface area (TPSA) is 18.5 Å². The van der Waals surface area contributed by atoms with Crippen LogP contribution >= 0.6 is 31.9 Å². The summed E-state index contributed by atoms with van der Waals surface area (Å²) in [5.41, 5.74) is 1.10. The van der Waals surface area contributed by atoms with Gasteiger partial charge in [-0.2, -0.15) is 0 Å². The fourth-order valence-corrected chi connectivity index (χ4v) is 2.95. The first-order valence-electron chi connectivity index (χ1n) is 5.98. The molecule has 2 nitrogen and oxygen atoms in total. The average Bonchev–Trinajstić information content (AvgIpc) is 2.49. The van der Waals surface area contributed by atoms with Gasteiger partial charge >= 0.3 is 0 Å². The largest absolute Gasteiger partial charge is 0.493 e. The Morgan fingerprint density at radius 3 is 2.14 bits per heavy atom. The highest BCUT2D eigenvalue weighted by molar-refractivity contribution is 9.10. The molecule has 0 amide bonds. The number of ether oxygens (including phenoxy) is 2. The van der Waals surface area contributed by atoms with Gasteiger partial charge < -0.3 is 9.47 Å². The standard InChI is InChI=1S/C15H12Br2F2O2/c1-20-13-6-9(12(19)7-14(13)21-2)15(17)8-3-4-11(18)10(16)5-8/h3-7,15H,1-2H3. The molecule has 0 saturated carbocycles. The van der Waals surface area contributed by atoms with Crippen LogP contribution in [0.15, 0.2) is 34.8 Å². The third kappa shape index (κ3) is 3.37.